The zero-order valence-electron chi connectivity index (χ0n) is 19.7. The number of hydrogen-bond donors (Lipinski definition) is 3. The van der Waals surface area contributed by atoms with Crippen molar-refractivity contribution < 1.29 is 13.2 Å². The molecule has 1 aliphatic heterocycles. The van der Waals surface area contributed by atoms with Gasteiger partial charge in [0.2, 0.25) is 0 Å². The molecule has 178 valence electrons. The van der Waals surface area contributed by atoms with E-state index in [9.17, 15) is 8.42 Å². The number of nitrogens with one attached hydrogen (secondary N) is 3. The minimum absolute atomic E-state index is 0.130. The molecule has 4 rings (SSSR count). The molecule has 0 spiro atoms. The first-order chi connectivity index (χ1) is 15.6. The van der Waals surface area contributed by atoms with Crippen LogP contribution in [0.1, 0.15) is 32.0 Å². The summed E-state index contributed by atoms with van der Waals surface area (Å²) < 4.78 is 32.1. The van der Waals surface area contributed by atoms with Crippen LogP contribution in [0.2, 0.25) is 0 Å². The van der Waals surface area contributed by atoms with Gasteiger partial charge in [-0.1, -0.05) is 0 Å². The summed E-state index contributed by atoms with van der Waals surface area (Å²) in [6.45, 7) is 12.7. The number of sulfone groups is 1. The number of aryl methyl sites for hydroxylation is 1. The van der Waals surface area contributed by atoms with Gasteiger partial charge in [0, 0.05) is 48.9 Å². The van der Waals surface area contributed by atoms with E-state index in [1.54, 1.807) is 32.9 Å². The maximum atomic E-state index is 13.5. The van der Waals surface area contributed by atoms with Crippen LogP contribution in [0.15, 0.2) is 23.4 Å². The van der Waals surface area contributed by atoms with Gasteiger partial charge in [-0.15, -0.1) is 0 Å². The molecule has 1 aliphatic rings. The Hall–Kier alpha value is -2.76. The summed E-state index contributed by atoms with van der Waals surface area (Å²) >= 11 is 0. The van der Waals surface area contributed by atoms with E-state index in [1.165, 1.54) is 6.33 Å². The Labute approximate surface area is 194 Å². The summed E-state index contributed by atoms with van der Waals surface area (Å²) in [5.74, 6) is 1.41. The number of fused-ring (bicyclic) bond motifs is 1. The normalized spacial score (nSPS) is 15.7. The highest BCUT2D eigenvalue weighted by atomic mass is 32.2. The molecule has 0 bridgehead atoms. The van der Waals surface area contributed by atoms with Gasteiger partial charge in [0.25, 0.3) is 0 Å². The molecule has 3 heterocycles. The number of rotatable bonds is 6. The van der Waals surface area contributed by atoms with Crippen LogP contribution in [0.25, 0.3) is 10.9 Å². The number of nitrogens with zero attached hydrogens (tertiary/aromatic N) is 4. The van der Waals surface area contributed by atoms with Crippen LogP contribution >= 0.6 is 0 Å². The Morgan fingerprint density at radius 2 is 1.85 bits per heavy atom. The lowest BCUT2D eigenvalue weighted by molar-refractivity contribution is 0.111. The average Bonchev–Trinajstić information content (AvgIpc) is 3.09. The van der Waals surface area contributed by atoms with Crippen molar-refractivity contribution in [3.8, 4) is 5.75 Å². The molecular formula is C22H31N7O3S. The average molecular weight is 474 g/mol. The number of hydrogen-bond acceptors (Lipinski definition) is 9. The van der Waals surface area contributed by atoms with Crippen molar-refractivity contribution in [2.24, 2.45) is 0 Å². The van der Waals surface area contributed by atoms with Gasteiger partial charge in [-0.3, -0.25) is 10.00 Å². The molecular weight excluding hydrogens is 442 g/mol. The van der Waals surface area contributed by atoms with E-state index in [4.69, 9.17) is 4.74 Å². The number of aromatic nitrogens is 4. The maximum Gasteiger partial charge on any atom is 0.186 e. The third kappa shape index (κ3) is 4.66. The summed E-state index contributed by atoms with van der Waals surface area (Å²) in [5, 5.41) is 14.3. The van der Waals surface area contributed by atoms with Crippen LogP contribution in [0.5, 0.6) is 5.75 Å². The Morgan fingerprint density at radius 3 is 2.48 bits per heavy atom. The van der Waals surface area contributed by atoms with Crippen molar-refractivity contribution in [1.29, 1.82) is 0 Å². The molecule has 2 aromatic heterocycles. The van der Waals surface area contributed by atoms with E-state index in [0.29, 0.717) is 35.0 Å². The molecule has 0 aliphatic carbocycles. The highest BCUT2D eigenvalue weighted by Crippen LogP contribution is 2.37. The van der Waals surface area contributed by atoms with E-state index >= 15 is 0 Å². The Bertz CT molecular complexity index is 1260. The zero-order valence-corrected chi connectivity index (χ0v) is 20.5. The minimum Gasteiger partial charge on any atom is -0.477 e. The molecule has 33 heavy (non-hydrogen) atoms. The van der Waals surface area contributed by atoms with Crippen molar-refractivity contribution >= 4 is 32.4 Å². The molecule has 0 atom stereocenters. The van der Waals surface area contributed by atoms with Gasteiger partial charge < -0.3 is 15.4 Å². The van der Waals surface area contributed by atoms with E-state index in [2.05, 4.69) is 35.7 Å². The van der Waals surface area contributed by atoms with E-state index in [1.807, 2.05) is 13.8 Å². The Balaban J connectivity index is 1.79. The lowest BCUT2D eigenvalue weighted by atomic mass is 10.2. The van der Waals surface area contributed by atoms with Gasteiger partial charge in [0.15, 0.2) is 15.7 Å². The summed E-state index contributed by atoms with van der Waals surface area (Å²) in [5.41, 5.74) is 2.48. The first-order valence-corrected chi connectivity index (χ1v) is 12.4. The topological polar surface area (TPSA) is 125 Å². The van der Waals surface area contributed by atoms with Crippen LogP contribution in [-0.4, -0.2) is 71.1 Å². The summed E-state index contributed by atoms with van der Waals surface area (Å²) in [6, 6.07) is 3.30. The third-order valence-corrected chi connectivity index (χ3v) is 8.41. The number of benzene rings is 1. The monoisotopic (exact) mass is 473 g/mol. The molecule has 0 saturated carbocycles. The number of piperazine rings is 1. The number of H-pyrrole nitrogens is 1. The number of ether oxygens (including phenoxy) is 1. The summed E-state index contributed by atoms with van der Waals surface area (Å²) in [6.07, 6.45) is 1.44. The van der Waals surface area contributed by atoms with Gasteiger partial charge in [0.05, 0.1) is 10.3 Å². The second-order valence-electron chi connectivity index (χ2n) is 9.24. The predicted molar refractivity (Wildman–Crippen MR) is 128 cm³/mol. The lowest BCUT2D eigenvalue weighted by Crippen LogP contribution is -2.45. The summed E-state index contributed by atoms with van der Waals surface area (Å²) in [4.78, 5) is 11.0. The highest BCUT2D eigenvalue weighted by Gasteiger charge is 2.34. The zero-order chi connectivity index (χ0) is 23.8. The molecule has 11 heteroatoms. The fraction of sp³-hybridized carbons (Fsp3) is 0.500. The Morgan fingerprint density at radius 1 is 1.12 bits per heavy atom. The fourth-order valence-electron chi connectivity index (χ4n) is 3.54. The van der Waals surface area contributed by atoms with Crippen LogP contribution in [0.4, 0.5) is 11.6 Å². The lowest BCUT2D eigenvalue weighted by Gasteiger charge is -2.28. The quantitative estimate of drug-likeness (QED) is 0.495. The molecule has 3 aromatic rings. The van der Waals surface area contributed by atoms with Gasteiger partial charge >= 0.3 is 0 Å². The van der Waals surface area contributed by atoms with Crippen molar-refractivity contribution in [3.05, 3.63) is 29.7 Å². The van der Waals surface area contributed by atoms with E-state index in [0.717, 1.165) is 37.4 Å². The van der Waals surface area contributed by atoms with Gasteiger partial charge in [-0.05, 0) is 40.7 Å². The SMILES string of the molecule is Cc1[nH]nc(Nc2ncnc3cc(OCN4CCNCC4)c(S(=O)(=O)C(C)(C)C)cc23)c1C. The molecule has 1 fully saturated rings. The third-order valence-electron chi connectivity index (χ3n) is 5.90. The number of anilines is 2. The summed E-state index contributed by atoms with van der Waals surface area (Å²) in [7, 11) is -3.71. The highest BCUT2D eigenvalue weighted by molar-refractivity contribution is 7.92. The second kappa shape index (κ2) is 8.88. The van der Waals surface area contributed by atoms with Crippen LogP contribution in [0, 0.1) is 13.8 Å². The molecule has 0 amide bonds. The van der Waals surface area contributed by atoms with Gasteiger partial charge in [-0.25, -0.2) is 18.4 Å². The molecule has 1 saturated heterocycles. The van der Waals surface area contributed by atoms with E-state index in [-0.39, 0.29) is 4.90 Å². The second-order valence-corrected chi connectivity index (χ2v) is 11.9. The Kier molecular flexibility index (Phi) is 6.30. The standard InChI is InChI=1S/C22H31N7O3S/c1-14-15(2)27-28-20(14)26-21-16-10-19(33(30,31)22(3,4)5)18(11-17(16)24-12-25-21)32-13-29-8-6-23-7-9-29/h10-12,23H,6-9,13H2,1-5H3,(H2,24,25,26,27,28). The molecule has 1 aromatic carbocycles. The van der Waals surface area contributed by atoms with Crippen molar-refractivity contribution in [2.45, 2.75) is 44.3 Å². The molecule has 0 unspecified atom stereocenters. The predicted octanol–water partition coefficient (Wildman–Crippen LogP) is 2.53. The molecule has 10 nitrogen and oxygen atoms in total. The minimum atomic E-state index is -3.71. The van der Waals surface area contributed by atoms with Crippen LogP contribution in [-0.2, 0) is 9.84 Å². The van der Waals surface area contributed by atoms with Crippen LogP contribution < -0.4 is 15.4 Å². The fourth-order valence-corrected chi connectivity index (χ4v) is 4.85. The van der Waals surface area contributed by atoms with Crippen molar-refractivity contribution in [1.82, 2.24) is 30.4 Å². The molecule has 3 N–H and O–H groups in total. The first-order valence-electron chi connectivity index (χ1n) is 11.0. The largest absolute Gasteiger partial charge is 0.477 e. The van der Waals surface area contributed by atoms with Crippen molar-refractivity contribution in [2.75, 3.05) is 38.2 Å². The van der Waals surface area contributed by atoms with Crippen LogP contribution in [0.3, 0.4) is 0 Å². The van der Waals surface area contributed by atoms with Gasteiger partial charge in [0.1, 0.15) is 29.5 Å². The van der Waals surface area contributed by atoms with Gasteiger partial charge in [-0.2, -0.15) is 5.10 Å². The smallest absolute Gasteiger partial charge is 0.186 e. The maximum absolute atomic E-state index is 13.5. The number of aromatic amines is 1. The van der Waals surface area contributed by atoms with Crippen molar-refractivity contribution in [3.63, 3.8) is 0 Å². The first kappa shape index (κ1) is 23.4. The van der Waals surface area contributed by atoms with E-state index < -0.39 is 14.6 Å². The molecule has 0 radical (unpaired) electrons.